The minimum atomic E-state index is -1.65. The number of hydrogen-bond donors (Lipinski definition) is 4. The van der Waals surface area contributed by atoms with Gasteiger partial charge >= 0.3 is 12.1 Å². The van der Waals surface area contributed by atoms with E-state index in [1.54, 1.807) is 11.0 Å². The zero-order valence-corrected chi connectivity index (χ0v) is 25.9. The minimum absolute atomic E-state index is 0.0264. The molecule has 42 heavy (non-hydrogen) atoms. The van der Waals surface area contributed by atoms with Crippen molar-refractivity contribution in [1.82, 2.24) is 25.2 Å². The third kappa shape index (κ3) is 9.83. The smallest absolute Gasteiger partial charge is 0.410 e. The number of rotatable bonds is 10. The number of aromatic nitrogens is 3. The summed E-state index contributed by atoms with van der Waals surface area (Å²) in [6.45, 7) is 12.6. The Hall–Kier alpha value is -3.45. The van der Waals surface area contributed by atoms with Crippen LogP contribution in [0.5, 0.6) is 6.01 Å². The molecule has 1 aliphatic heterocycles. The number of anilines is 3. The van der Waals surface area contributed by atoms with E-state index in [1.807, 2.05) is 34.6 Å². The van der Waals surface area contributed by atoms with E-state index in [0.29, 0.717) is 37.4 Å². The third-order valence-corrected chi connectivity index (χ3v) is 6.41. The molecule has 0 saturated carbocycles. The lowest BCUT2D eigenvalue weighted by atomic mass is 10.0. The van der Waals surface area contributed by atoms with Crippen molar-refractivity contribution in [2.24, 2.45) is 0 Å². The number of likely N-dealkylation sites (tertiary alicyclic amines) is 1. The molecule has 12 nitrogen and oxygen atoms in total. The Morgan fingerprint density at radius 2 is 1.83 bits per heavy atom. The molecular formula is C28H41ClFN7O5. The number of aliphatic hydroxyl groups is 1. The number of ether oxygens (including phenoxy) is 2. The van der Waals surface area contributed by atoms with E-state index in [0.717, 1.165) is 0 Å². The number of alkyl halides is 1. The molecule has 4 N–H and O–H groups in total. The Morgan fingerprint density at radius 1 is 1.17 bits per heavy atom. The number of nitrogens with one attached hydrogen (secondary N) is 3. The second kappa shape index (κ2) is 13.7. The lowest BCUT2D eigenvalue weighted by Crippen LogP contribution is -2.44. The van der Waals surface area contributed by atoms with E-state index >= 15 is 0 Å². The lowest BCUT2D eigenvalue weighted by molar-refractivity contribution is -0.00180. The van der Waals surface area contributed by atoms with Gasteiger partial charge in [-0.25, -0.2) is 19.2 Å². The molecule has 1 atom stereocenters. The fourth-order valence-electron chi connectivity index (χ4n) is 3.91. The zero-order valence-electron chi connectivity index (χ0n) is 25.1. The van der Waals surface area contributed by atoms with Crippen molar-refractivity contribution >= 4 is 40.9 Å². The number of halogens is 2. The number of amides is 2. The molecule has 0 radical (unpaired) electrons. The zero-order chi connectivity index (χ0) is 31.2. The van der Waals surface area contributed by atoms with Crippen LogP contribution in [0.25, 0.3) is 0 Å². The van der Waals surface area contributed by atoms with E-state index in [4.69, 9.17) is 21.1 Å². The van der Waals surface area contributed by atoms with Gasteiger partial charge in [0.05, 0.1) is 29.6 Å². The van der Waals surface area contributed by atoms with Gasteiger partial charge in [0.25, 0.3) is 5.91 Å². The van der Waals surface area contributed by atoms with Crippen LogP contribution in [-0.2, 0) is 4.74 Å². The quantitative estimate of drug-likeness (QED) is 0.298. The summed E-state index contributed by atoms with van der Waals surface area (Å²) in [5, 5.41) is 18.8. The molecule has 3 rings (SSSR count). The minimum Gasteiger partial charge on any atom is -0.460 e. The largest absolute Gasteiger partial charge is 0.460 e. The molecule has 1 aliphatic rings. The highest BCUT2D eigenvalue weighted by molar-refractivity contribution is 6.32. The average molecular weight is 610 g/mol. The first-order valence-corrected chi connectivity index (χ1v) is 14.2. The topological polar surface area (TPSA) is 151 Å². The van der Waals surface area contributed by atoms with Gasteiger partial charge in [-0.2, -0.15) is 4.98 Å². The number of carbonyl (C=O) groups excluding carboxylic acids is 2. The van der Waals surface area contributed by atoms with Crippen molar-refractivity contribution in [3.8, 4) is 6.01 Å². The maximum Gasteiger partial charge on any atom is 0.410 e. The van der Waals surface area contributed by atoms with Gasteiger partial charge in [0.1, 0.15) is 28.7 Å². The van der Waals surface area contributed by atoms with E-state index in [-0.39, 0.29) is 47.2 Å². The van der Waals surface area contributed by atoms with Crippen molar-refractivity contribution in [3.05, 3.63) is 29.0 Å². The Balaban J connectivity index is 1.68. The molecule has 2 amide bonds. The number of carbonyl (C=O) groups is 2. The molecule has 14 heteroatoms. The highest BCUT2D eigenvalue weighted by Gasteiger charge is 2.29. The van der Waals surface area contributed by atoms with Gasteiger partial charge in [0.2, 0.25) is 0 Å². The molecule has 0 aromatic carbocycles. The van der Waals surface area contributed by atoms with Crippen LogP contribution in [0.15, 0.2) is 18.5 Å². The monoisotopic (exact) mass is 609 g/mol. The van der Waals surface area contributed by atoms with E-state index < -0.39 is 23.3 Å². The van der Waals surface area contributed by atoms with Crippen LogP contribution in [-0.4, -0.2) is 86.1 Å². The molecule has 1 saturated heterocycles. The SMILES string of the molecule is CC(C)Nc1cc(Nc2nc(OC3CCN(C(=O)OC(C)(C)C)CC3)ncc2Cl)ncc1C(=O)NC[C@@H](F)C(C)(C)O. The van der Waals surface area contributed by atoms with Gasteiger partial charge in [0.15, 0.2) is 5.82 Å². The summed E-state index contributed by atoms with van der Waals surface area (Å²) in [4.78, 5) is 39.7. The molecule has 2 aromatic heterocycles. The summed E-state index contributed by atoms with van der Waals surface area (Å²) >= 11 is 6.34. The summed E-state index contributed by atoms with van der Waals surface area (Å²) in [5.41, 5.74) is -1.49. The van der Waals surface area contributed by atoms with Crippen LogP contribution in [0, 0.1) is 0 Å². The predicted octanol–water partition coefficient (Wildman–Crippen LogP) is 4.71. The Labute approximate surface area is 250 Å². The van der Waals surface area contributed by atoms with Crippen LogP contribution in [0.1, 0.15) is 71.7 Å². The van der Waals surface area contributed by atoms with E-state index in [9.17, 15) is 19.1 Å². The maximum absolute atomic E-state index is 14.2. The highest BCUT2D eigenvalue weighted by Crippen LogP contribution is 2.28. The summed E-state index contributed by atoms with van der Waals surface area (Å²) in [6.07, 6.45) is 1.74. The van der Waals surface area contributed by atoms with Crippen molar-refractivity contribution in [2.45, 2.75) is 90.8 Å². The Morgan fingerprint density at radius 3 is 2.43 bits per heavy atom. The third-order valence-electron chi connectivity index (χ3n) is 6.14. The number of nitrogens with zero attached hydrogens (tertiary/aromatic N) is 4. The standard InChI is InChI=1S/C28H41ClFN7O5/c1-16(2)34-20-12-22(31-13-18(20)24(38)32-15-21(30)28(6,7)40)35-23-19(29)14-33-25(36-23)41-17-8-10-37(11-9-17)26(39)42-27(3,4)5/h12-14,16-17,21,40H,8-11,15H2,1-7H3,(H,32,38)(H2,31,33,34,35,36)/t21-/m1/s1. The van der Waals surface area contributed by atoms with Crippen molar-refractivity contribution in [3.63, 3.8) is 0 Å². The lowest BCUT2D eigenvalue weighted by Gasteiger charge is -2.33. The van der Waals surface area contributed by atoms with Crippen LogP contribution < -0.4 is 20.7 Å². The van der Waals surface area contributed by atoms with Crippen LogP contribution in [0.2, 0.25) is 5.02 Å². The van der Waals surface area contributed by atoms with Gasteiger partial charge in [-0.05, 0) is 48.5 Å². The number of pyridine rings is 1. The molecule has 2 aromatic rings. The van der Waals surface area contributed by atoms with Crippen LogP contribution in [0.3, 0.4) is 0 Å². The fraction of sp³-hybridized carbons (Fsp3) is 0.607. The maximum atomic E-state index is 14.2. The van der Waals surface area contributed by atoms with Crippen molar-refractivity contribution in [1.29, 1.82) is 0 Å². The fourth-order valence-corrected chi connectivity index (χ4v) is 4.05. The molecule has 0 aliphatic carbocycles. The molecule has 0 spiro atoms. The predicted molar refractivity (Wildman–Crippen MR) is 158 cm³/mol. The van der Waals surface area contributed by atoms with Gasteiger partial charge < -0.3 is 35.4 Å². The van der Waals surface area contributed by atoms with Gasteiger partial charge in [-0.1, -0.05) is 11.6 Å². The first-order chi connectivity index (χ1) is 19.5. The van der Waals surface area contributed by atoms with Gasteiger partial charge in [0, 0.05) is 44.2 Å². The van der Waals surface area contributed by atoms with Crippen LogP contribution in [0.4, 0.5) is 26.5 Å². The second-order valence-corrected chi connectivity index (χ2v) is 12.4. The van der Waals surface area contributed by atoms with Gasteiger partial charge in [-0.15, -0.1) is 0 Å². The summed E-state index contributed by atoms with van der Waals surface area (Å²) in [5.74, 6) is 0.0443. The number of hydrogen-bond acceptors (Lipinski definition) is 10. The summed E-state index contributed by atoms with van der Waals surface area (Å²) in [7, 11) is 0. The summed E-state index contributed by atoms with van der Waals surface area (Å²) in [6, 6.07) is 1.70. The first-order valence-electron chi connectivity index (χ1n) is 13.9. The Kier molecular flexibility index (Phi) is 10.8. The number of piperidine rings is 1. The molecule has 0 bridgehead atoms. The van der Waals surface area contributed by atoms with Gasteiger partial charge in [-0.3, -0.25) is 4.79 Å². The van der Waals surface area contributed by atoms with E-state index in [2.05, 4.69) is 30.9 Å². The summed E-state index contributed by atoms with van der Waals surface area (Å²) < 4.78 is 25.6. The highest BCUT2D eigenvalue weighted by atomic mass is 35.5. The van der Waals surface area contributed by atoms with E-state index in [1.165, 1.54) is 26.2 Å². The van der Waals surface area contributed by atoms with Crippen LogP contribution >= 0.6 is 11.6 Å². The Bertz CT molecular complexity index is 1240. The molecule has 232 valence electrons. The second-order valence-electron chi connectivity index (χ2n) is 12.0. The molecular weight excluding hydrogens is 569 g/mol. The molecule has 0 unspecified atom stereocenters. The molecule has 1 fully saturated rings. The first kappa shape index (κ1) is 33.1. The molecule has 3 heterocycles. The van der Waals surface area contributed by atoms with Crippen molar-refractivity contribution < 1.29 is 28.6 Å². The van der Waals surface area contributed by atoms with Crippen molar-refractivity contribution in [2.75, 3.05) is 30.3 Å². The average Bonchev–Trinajstić information content (AvgIpc) is 2.87. The normalized spacial score (nSPS) is 15.3.